The molecular weight excluding hydrogens is 341 g/mol. The number of hydrogen-bond donors (Lipinski definition) is 2. The molecule has 0 unspecified atom stereocenters. The van der Waals surface area contributed by atoms with Crippen molar-refractivity contribution in [2.45, 2.75) is 4.90 Å². The quantitative estimate of drug-likeness (QED) is 0.830. The van der Waals surface area contributed by atoms with Crippen LogP contribution in [0.4, 0.5) is 5.69 Å². The molecule has 1 aromatic carbocycles. The molecule has 16 heavy (non-hydrogen) atoms. The van der Waals surface area contributed by atoms with E-state index < -0.39 is 10.0 Å². The van der Waals surface area contributed by atoms with Gasteiger partial charge in [0.2, 0.25) is 0 Å². The van der Waals surface area contributed by atoms with Crippen LogP contribution in [0.25, 0.3) is 0 Å². The highest BCUT2D eigenvalue weighted by atomic mass is 127. The summed E-state index contributed by atoms with van der Waals surface area (Å²) in [6.07, 6.45) is 2.89. The van der Waals surface area contributed by atoms with Gasteiger partial charge in [-0.2, -0.15) is 5.10 Å². The van der Waals surface area contributed by atoms with Crippen molar-refractivity contribution in [3.8, 4) is 0 Å². The molecule has 0 radical (unpaired) electrons. The molecule has 1 heterocycles. The summed E-state index contributed by atoms with van der Waals surface area (Å²) in [5.41, 5.74) is 0.416. The zero-order chi connectivity index (χ0) is 11.6. The van der Waals surface area contributed by atoms with Crippen molar-refractivity contribution < 1.29 is 8.42 Å². The Hall–Kier alpha value is -1.09. The Morgan fingerprint density at radius 2 is 2.19 bits per heavy atom. The van der Waals surface area contributed by atoms with Gasteiger partial charge in [-0.15, -0.1) is 0 Å². The van der Waals surface area contributed by atoms with Crippen LogP contribution in [0.2, 0.25) is 0 Å². The van der Waals surface area contributed by atoms with E-state index in [0.29, 0.717) is 5.69 Å². The molecule has 2 N–H and O–H groups in total. The lowest BCUT2D eigenvalue weighted by Gasteiger charge is -2.05. The molecule has 2 aromatic rings. The minimum Gasteiger partial charge on any atom is -0.284 e. The predicted molar refractivity (Wildman–Crippen MR) is 68.6 cm³/mol. The van der Waals surface area contributed by atoms with E-state index in [0.717, 1.165) is 3.57 Å². The second kappa shape index (κ2) is 4.42. The smallest absolute Gasteiger partial charge is 0.262 e. The van der Waals surface area contributed by atoms with Crippen LogP contribution in [0.3, 0.4) is 0 Å². The summed E-state index contributed by atoms with van der Waals surface area (Å²) in [5.74, 6) is 0. The number of anilines is 1. The molecule has 0 aliphatic carbocycles. The number of nitrogens with one attached hydrogen (secondary N) is 2. The number of benzene rings is 1. The molecule has 7 heteroatoms. The standard InChI is InChI=1S/C9H8IN3O2S/c10-7-2-1-3-9(4-7)16(14,15)13-8-5-11-12-6-8/h1-6,13H,(H,11,12). The molecule has 84 valence electrons. The van der Waals surface area contributed by atoms with E-state index in [4.69, 9.17) is 0 Å². The Labute approximate surface area is 106 Å². The Morgan fingerprint density at radius 1 is 1.38 bits per heavy atom. The van der Waals surface area contributed by atoms with Gasteiger partial charge in [-0.05, 0) is 40.8 Å². The van der Waals surface area contributed by atoms with Crippen LogP contribution in [0.15, 0.2) is 41.6 Å². The number of nitrogens with zero attached hydrogens (tertiary/aromatic N) is 1. The van der Waals surface area contributed by atoms with Gasteiger partial charge in [-0.25, -0.2) is 8.42 Å². The molecule has 0 saturated heterocycles. The third kappa shape index (κ3) is 2.53. The van der Waals surface area contributed by atoms with Crippen molar-refractivity contribution in [2.75, 3.05) is 4.72 Å². The minimum absolute atomic E-state index is 0.237. The first-order chi connectivity index (χ1) is 7.58. The second-order valence-corrected chi connectivity index (χ2v) is 5.98. The van der Waals surface area contributed by atoms with Gasteiger partial charge in [0.15, 0.2) is 0 Å². The number of H-pyrrole nitrogens is 1. The molecule has 0 amide bonds. The van der Waals surface area contributed by atoms with E-state index >= 15 is 0 Å². The van der Waals surface area contributed by atoms with E-state index in [-0.39, 0.29) is 4.90 Å². The molecule has 0 saturated carbocycles. The van der Waals surface area contributed by atoms with Gasteiger partial charge in [0, 0.05) is 9.77 Å². The molecular formula is C9H8IN3O2S. The maximum Gasteiger partial charge on any atom is 0.262 e. The topological polar surface area (TPSA) is 74.8 Å². The summed E-state index contributed by atoms with van der Waals surface area (Å²) >= 11 is 2.06. The number of hydrogen-bond acceptors (Lipinski definition) is 3. The third-order valence-corrected chi connectivity index (χ3v) is 3.91. The number of aromatic amines is 1. The van der Waals surface area contributed by atoms with Crippen LogP contribution in [0.1, 0.15) is 0 Å². The molecule has 2 rings (SSSR count). The predicted octanol–water partition coefficient (Wildman–Crippen LogP) is 1.82. The molecule has 0 aliphatic heterocycles. The largest absolute Gasteiger partial charge is 0.284 e. The number of aromatic nitrogens is 2. The Balaban J connectivity index is 2.33. The molecule has 0 fully saturated rings. The summed E-state index contributed by atoms with van der Waals surface area (Å²) in [4.78, 5) is 0.237. The number of halogens is 1. The minimum atomic E-state index is -3.52. The van der Waals surface area contributed by atoms with Gasteiger partial charge in [-0.3, -0.25) is 9.82 Å². The number of sulfonamides is 1. The molecule has 0 bridgehead atoms. The maximum absolute atomic E-state index is 11.9. The zero-order valence-corrected chi connectivity index (χ0v) is 11.0. The van der Waals surface area contributed by atoms with E-state index in [9.17, 15) is 8.42 Å². The first-order valence-electron chi connectivity index (χ1n) is 4.35. The summed E-state index contributed by atoms with van der Waals surface area (Å²) in [5, 5.41) is 6.20. The van der Waals surface area contributed by atoms with Crippen LogP contribution >= 0.6 is 22.6 Å². The molecule has 0 spiro atoms. The highest BCUT2D eigenvalue weighted by Gasteiger charge is 2.14. The average molecular weight is 349 g/mol. The van der Waals surface area contributed by atoms with Crippen molar-refractivity contribution in [3.05, 3.63) is 40.2 Å². The molecule has 0 atom stereocenters. The fourth-order valence-corrected chi connectivity index (χ4v) is 2.99. The summed E-state index contributed by atoms with van der Waals surface area (Å²) in [6.45, 7) is 0. The van der Waals surface area contributed by atoms with Gasteiger partial charge < -0.3 is 0 Å². The highest BCUT2D eigenvalue weighted by Crippen LogP contribution is 2.16. The van der Waals surface area contributed by atoms with Gasteiger partial charge in [0.1, 0.15) is 0 Å². The van der Waals surface area contributed by atoms with E-state index in [1.54, 1.807) is 18.2 Å². The normalized spacial score (nSPS) is 11.3. The fraction of sp³-hybridized carbons (Fsp3) is 0. The third-order valence-electron chi connectivity index (χ3n) is 1.86. The lowest BCUT2D eigenvalue weighted by atomic mass is 10.4. The lowest BCUT2D eigenvalue weighted by Crippen LogP contribution is -2.12. The summed E-state index contributed by atoms with van der Waals surface area (Å²) < 4.78 is 27.1. The van der Waals surface area contributed by atoms with Crippen LogP contribution in [-0.4, -0.2) is 18.6 Å². The SMILES string of the molecule is O=S(=O)(Nc1cn[nH]c1)c1cccc(I)c1. The second-order valence-electron chi connectivity index (χ2n) is 3.05. The molecule has 5 nitrogen and oxygen atoms in total. The van der Waals surface area contributed by atoms with Crippen LogP contribution in [0.5, 0.6) is 0 Å². The van der Waals surface area contributed by atoms with Gasteiger partial charge >= 0.3 is 0 Å². The Kier molecular flexibility index (Phi) is 3.15. The van der Waals surface area contributed by atoms with Gasteiger partial charge in [-0.1, -0.05) is 6.07 Å². The summed E-state index contributed by atoms with van der Waals surface area (Å²) in [7, 11) is -3.52. The Morgan fingerprint density at radius 3 is 2.81 bits per heavy atom. The monoisotopic (exact) mass is 349 g/mol. The summed E-state index contributed by atoms with van der Waals surface area (Å²) in [6, 6.07) is 6.68. The van der Waals surface area contributed by atoms with Gasteiger partial charge in [0.25, 0.3) is 10.0 Å². The zero-order valence-electron chi connectivity index (χ0n) is 8.01. The van der Waals surface area contributed by atoms with Crippen LogP contribution < -0.4 is 4.72 Å². The Bertz CT molecular complexity index is 581. The van der Waals surface area contributed by atoms with Crippen molar-refractivity contribution in [1.82, 2.24) is 10.2 Å². The van der Waals surface area contributed by atoms with Crippen LogP contribution in [-0.2, 0) is 10.0 Å². The van der Waals surface area contributed by atoms with Crippen molar-refractivity contribution >= 4 is 38.3 Å². The van der Waals surface area contributed by atoms with Crippen molar-refractivity contribution in [1.29, 1.82) is 0 Å². The molecule has 1 aromatic heterocycles. The van der Waals surface area contributed by atoms with E-state index in [1.165, 1.54) is 12.4 Å². The van der Waals surface area contributed by atoms with Crippen molar-refractivity contribution in [3.63, 3.8) is 0 Å². The van der Waals surface area contributed by atoms with Crippen molar-refractivity contribution in [2.24, 2.45) is 0 Å². The average Bonchev–Trinajstić information content (AvgIpc) is 2.70. The highest BCUT2D eigenvalue weighted by molar-refractivity contribution is 14.1. The lowest BCUT2D eigenvalue weighted by molar-refractivity contribution is 0.601. The number of rotatable bonds is 3. The maximum atomic E-state index is 11.9. The fourth-order valence-electron chi connectivity index (χ4n) is 1.15. The first-order valence-corrected chi connectivity index (χ1v) is 6.91. The first kappa shape index (κ1) is 11.4. The van der Waals surface area contributed by atoms with E-state index in [2.05, 4.69) is 37.5 Å². The van der Waals surface area contributed by atoms with Crippen LogP contribution in [0, 0.1) is 3.57 Å². The van der Waals surface area contributed by atoms with Gasteiger partial charge in [0.05, 0.1) is 16.8 Å². The molecule has 0 aliphatic rings. The van der Waals surface area contributed by atoms with E-state index in [1.807, 2.05) is 6.07 Å².